The van der Waals surface area contributed by atoms with Gasteiger partial charge in [0.1, 0.15) is 0 Å². The van der Waals surface area contributed by atoms with Gasteiger partial charge in [-0.2, -0.15) is 0 Å². The molecule has 0 fully saturated rings. The molecule has 0 bridgehead atoms. The molecule has 0 aromatic rings. The molecule has 3 heteroatoms. The fourth-order valence-electron chi connectivity index (χ4n) is 0.651. The second-order valence-electron chi connectivity index (χ2n) is 2.65. The molecule has 0 saturated heterocycles. The van der Waals surface area contributed by atoms with Gasteiger partial charge in [-0.05, 0) is 13.8 Å². The minimum Gasteiger partial charge on any atom is -0.382 e. The Balaban J connectivity index is 0. The van der Waals surface area contributed by atoms with Crippen LogP contribution < -0.4 is 0 Å². The molecule has 3 nitrogen and oxygen atoms in total. The van der Waals surface area contributed by atoms with E-state index < -0.39 is 0 Å². The van der Waals surface area contributed by atoms with Gasteiger partial charge in [-0.25, -0.2) is 0 Å². The number of hydrogen-bond donors (Lipinski definition) is 0. The summed E-state index contributed by atoms with van der Waals surface area (Å²) in [4.78, 5) is 0. The summed E-state index contributed by atoms with van der Waals surface area (Å²) in [6, 6.07) is 0. The van der Waals surface area contributed by atoms with E-state index in [-0.39, 0.29) is 19.6 Å². The lowest BCUT2D eigenvalue weighted by molar-refractivity contribution is -0.0386. The predicted molar refractivity (Wildman–Crippen MR) is 50.5 cm³/mol. The van der Waals surface area contributed by atoms with Crippen molar-refractivity contribution in [2.75, 3.05) is 27.4 Å². The smallest absolute Gasteiger partial charge is 0.0781 e. The lowest BCUT2D eigenvalue weighted by atomic mass is 10.4. The van der Waals surface area contributed by atoms with Gasteiger partial charge in [-0.3, -0.25) is 0 Å². The quantitative estimate of drug-likeness (QED) is 0.619. The van der Waals surface area contributed by atoms with Gasteiger partial charge in [-0.15, -0.1) is 0 Å². The van der Waals surface area contributed by atoms with E-state index in [1.54, 1.807) is 14.2 Å². The van der Waals surface area contributed by atoms with Crippen molar-refractivity contribution in [3.8, 4) is 0 Å². The van der Waals surface area contributed by atoms with Crippen LogP contribution in [0, 0.1) is 0 Å². The zero-order chi connectivity index (χ0) is 8.69. The number of rotatable bonds is 6. The van der Waals surface area contributed by atoms with Crippen LogP contribution in [0.3, 0.4) is 0 Å². The Hall–Kier alpha value is -0.120. The van der Waals surface area contributed by atoms with Gasteiger partial charge in [0, 0.05) is 14.2 Å². The van der Waals surface area contributed by atoms with Crippen molar-refractivity contribution in [1.82, 2.24) is 0 Å². The van der Waals surface area contributed by atoms with E-state index in [0.717, 1.165) is 0 Å². The highest BCUT2D eigenvalue weighted by atomic mass is 16.5. The Bertz CT molecular complexity index is 85.8. The van der Waals surface area contributed by atoms with E-state index in [1.165, 1.54) is 0 Å². The van der Waals surface area contributed by atoms with E-state index in [0.29, 0.717) is 13.2 Å². The minimum absolute atomic E-state index is 0. The molecule has 2 unspecified atom stereocenters. The molecule has 0 heterocycles. The maximum absolute atomic E-state index is 5.39. The first-order valence-corrected chi connectivity index (χ1v) is 3.84. The minimum atomic E-state index is 0. The average Bonchev–Trinajstić information content (AvgIpc) is 2.01. The molecule has 0 N–H and O–H groups in total. The Labute approximate surface area is 76.0 Å². The molecule has 0 amide bonds. The molecule has 2 atom stereocenters. The van der Waals surface area contributed by atoms with E-state index in [9.17, 15) is 0 Å². The maximum Gasteiger partial charge on any atom is 0.0781 e. The molecule has 0 radical (unpaired) electrons. The number of hydrogen-bond acceptors (Lipinski definition) is 3. The molecule has 76 valence electrons. The van der Waals surface area contributed by atoms with Crippen LogP contribution in [0.5, 0.6) is 0 Å². The predicted octanol–water partition coefficient (Wildman–Crippen LogP) is 1.71. The molecule has 0 spiro atoms. The van der Waals surface area contributed by atoms with Crippen LogP contribution in [0.4, 0.5) is 0 Å². The highest BCUT2D eigenvalue weighted by molar-refractivity contribution is 4.50. The molecule has 0 rings (SSSR count). The molecule has 12 heavy (non-hydrogen) atoms. The second-order valence-corrected chi connectivity index (χ2v) is 2.65. The average molecular weight is 178 g/mol. The summed E-state index contributed by atoms with van der Waals surface area (Å²) >= 11 is 0. The number of ether oxygens (including phenoxy) is 3. The van der Waals surface area contributed by atoms with Crippen molar-refractivity contribution in [2.24, 2.45) is 0 Å². The van der Waals surface area contributed by atoms with Crippen molar-refractivity contribution in [2.45, 2.75) is 33.5 Å². The Morgan fingerprint density at radius 3 is 2.00 bits per heavy atom. The molecular formula is C9H22O3. The first kappa shape index (κ1) is 14.4. The van der Waals surface area contributed by atoms with Crippen molar-refractivity contribution in [1.29, 1.82) is 0 Å². The largest absolute Gasteiger partial charge is 0.382 e. The summed E-state index contributed by atoms with van der Waals surface area (Å²) < 4.78 is 15.3. The standard InChI is InChI=1S/C8H18O3.CH4/c1-7(10-4)6-11-8(2)5-9-3;/h7-8H,5-6H2,1-4H3;1H4. The maximum atomic E-state index is 5.39. The SMILES string of the molecule is C.COCC(C)OCC(C)OC. The van der Waals surface area contributed by atoms with Crippen LogP contribution in [0.1, 0.15) is 21.3 Å². The topological polar surface area (TPSA) is 27.7 Å². The first-order valence-electron chi connectivity index (χ1n) is 3.84. The molecule has 0 aliphatic carbocycles. The summed E-state index contributed by atoms with van der Waals surface area (Å²) in [6.45, 7) is 5.21. The molecular weight excluding hydrogens is 156 g/mol. The van der Waals surface area contributed by atoms with E-state index in [4.69, 9.17) is 14.2 Å². The van der Waals surface area contributed by atoms with Gasteiger partial charge in [0.2, 0.25) is 0 Å². The number of methoxy groups -OCH3 is 2. The zero-order valence-corrected chi connectivity index (χ0v) is 7.79. The van der Waals surface area contributed by atoms with E-state index in [2.05, 4.69) is 0 Å². The van der Waals surface area contributed by atoms with Gasteiger partial charge >= 0.3 is 0 Å². The van der Waals surface area contributed by atoms with Crippen molar-refractivity contribution in [3.05, 3.63) is 0 Å². The second kappa shape index (κ2) is 8.97. The first-order chi connectivity index (χ1) is 5.20. The van der Waals surface area contributed by atoms with Gasteiger partial charge in [-0.1, -0.05) is 7.43 Å². The van der Waals surface area contributed by atoms with Crippen LogP contribution >= 0.6 is 0 Å². The Kier molecular flexibility index (Phi) is 10.8. The van der Waals surface area contributed by atoms with E-state index in [1.807, 2.05) is 13.8 Å². The summed E-state index contributed by atoms with van der Waals surface area (Å²) in [5.41, 5.74) is 0. The third kappa shape index (κ3) is 7.98. The lowest BCUT2D eigenvalue weighted by Gasteiger charge is -2.14. The summed E-state index contributed by atoms with van der Waals surface area (Å²) in [6.07, 6.45) is 0.312. The lowest BCUT2D eigenvalue weighted by Crippen LogP contribution is -2.21. The zero-order valence-electron chi connectivity index (χ0n) is 7.79. The summed E-state index contributed by atoms with van der Waals surface area (Å²) in [5, 5.41) is 0. The van der Waals surface area contributed by atoms with Crippen LogP contribution in [-0.2, 0) is 14.2 Å². The molecule has 0 aliphatic rings. The van der Waals surface area contributed by atoms with Gasteiger partial charge < -0.3 is 14.2 Å². The van der Waals surface area contributed by atoms with Crippen LogP contribution in [-0.4, -0.2) is 39.6 Å². The third-order valence-electron chi connectivity index (χ3n) is 1.42. The van der Waals surface area contributed by atoms with Gasteiger partial charge in [0.25, 0.3) is 0 Å². The Morgan fingerprint density at radius 1 is 1.00 bits per heavy atom. The van der Waals surface area contributed by atoms with Crippen molar-refractivity contribution >= 4 is 0 Å². The van der Waals surface area contributed by atoms with Gasteiger partial charge in [0.05, 0.1) is 25.4 Å². The van der Waals surface area contributed by atoms with Crippen molar-refractivity contribution in [3.63, 3.8) is 0 Å². The third-order valence-corrected chi connectivity index (χ3v) is 1.42. The normalized spacial score (nSPS) is 15.0. The van der Waals surface area contributed by atoms with E-state index >= 15 is 0 Å². The molecule has 0 aromatic carbocycles. The Morgan fingerprint density at radius 2 is 1.58 bits per heavy atom. The van der Waals surface area contributed by atoms with Crippen LogP contribution in [0.25, 0.3) is 0 Å². The highest BCUT2D eigenvalue weighted by Crippen LogP contribution is 1.95. The highest BCUT2D eigenvalue weighted by Gasteiger charge is 2.04. The molecule has 0 aliphatic heterocycles. The van der Waals surface area contributed by atoms with Crippen molar-refractivity contribution < 1.29 is 14.2 Å². The fraction of sp³-hybridized carbons (Fsp3) is 1.00. The molecule has 0 aromatic heterocycles. The molecule has 0 saturated carbocycles. The van der Waals surface area contributed by atoms with Crippen LogP contribution in [0.15, 0.2) is 0 Å². The summed E-state index contributed by atoms with van der Waals surface area (Å²) in [5.74, 6) is 0. The van der Waals surface area contributed by atoms with Gasteiger partial charge in [0.15, 0.2) is 0 Å². The monoisotopic (exact) mass is 178 g/mol. The summed E-state index contributed by atoms with van der Waals surface area (Å²) in [7, 11) is 3.34. The van der Waals surface area contributed by atoms with Crippen LogP contribution in [0.2, 0.25) is 0 Å². The fourth-order valence-corrected chi connectivity index (χ4v) is 0.651.